The molecule has 1 heteroatoms. The van der Waals surface area contributed by atoms with Crippen molar-refractivity contribution in [2.24, 2.45) is 0 Å². The Balaban J connectivity index is 1.75. The highest BCUT2D eigenvalue weighted by molar-refractivity contribution is 4.73. The Bertz CT molecular complexity index is 356. The van der Waals surface area contributed by atoms with Crippen LogP contribution in [0.15, 0.2) is 0 Å². The zero-order valence-electron chi connectivity index (χ0n) is 24.8. The highest BCUT2D eigenvalue weighted by Crippen LogP contribution is 2.27. The first-order chi connectivity index (χ1) is 17.4. The SMILES string of the molecule is CCCCCCCCCCCCCCCC1CCC(CCCCCCCCCCCCCCC)O1. The van der Waals surface area contributed by atoms with Gasteiger partial charge in [-0.3, -0.25) is 0 Å². The zero-order chi connectivity index (χ0) is 25.1. The maximum Gasteiger partial charge on any atom is 0.0579 e. The van der Waals surface area contributed by atoms with E-state index in [1.807, 2.05) is 0 Å². The summed E-state index contributed by atoms with van der Waals surface area (Å²) < 4.78 is 6.38. The maximum atomic E-state index is 6.38. The van der Waals surface area contributed by atoms with Crippen LogP contribution in [0.3, 0.4) is 0 Å². The minimum atomic E-state index is 0.592. The molecular formula is C34H68O. The van der Waals surface area contributed by atoms with Gasteiger partial charge in [0.25, 0.3) is 0 Å². The highest BCUT2D eigenvalue weighted by atomic mass is 16.5. The van der Waals surface area contributed by atoms with Gasteiger partial charge in [0, 0.05) is 0 Å². The molecule has 1 heterocycles. The third-order valence-electron chi connectivity index (χ3n) is 8.45. The fourth-order valence-corrected chi connectivity index (χ4v) is 5.98. The normalized spacial score (nSPS) is 18.0. The van der Waals surface area contributed by atoms with Crippen LogP contribution < -0.4 is 0 Å². The van der Waals surface area contributed by atoms with Gasteiger partial charge in [0.2, 0.25) is 0 Å². The van der Waals surface area contributed by atoms with Crippen molar-refractivity contribution in [2.75, 3.05) is 0 Å². The van der Waals surface area contributed by atoms with Crippen LogP contribution in [0.5, 0.6) is 0 Å². The molecule has 0 bridgehead atoms. The molecule has 0 aromatic carbocycles. The molecule has 1 saturated heterocycles. The van der Waals surface area contributed by atoms with E-state index in [-0.39, 0.29) is 0 Å². The fraction of sp³-hybridized carbons (Fsp3) is 1.00. The van der Waals surface area contributed by atoms with Crippen molar-refractivity contribution >= 4 is 0 Å². The van der Waals surface area contributed by atoms with E-state index < -0.39 is 0 Å². The molecular weight excluding hydrogens is 424 g/mol. The minimum Gasteiger partial charge on any atom is -0.375 e. The predicted molar refractivity (Wildman–Crippen MR) is 159 cm³/mol. The molecule has 1 rings (SSSR count). The lowest BCUT2D eigenvalue weighted by Gasteiger charge is -2.13. The van der Waals surface area contributed by atoms with Crippen molar-refractivity contribution in [3.63, 3.8) is 0 Å². The second-order valence-corrected chi connectivity index (χ2v) is 12.0. The minimum absolute atomic E-state index is 0.592. The van der Waals surface area contributed by atoms with Crippen molar-refractivity contribution in [1.29, 1.82) is 0 Å². The number of unbranched alkanes of at least 4 members (excludes halogenated alkanes) is 24. The van der Waals surface area contributed by atoms with E-state index in [0.29, 0.717) is 12.2 Å². The van der Waals surface area contributed by atoms with E-state index in [1.165, 1.54) is 193 Å². The molecule has 0 aliphatic carbocycles. The van der Waals surface area contributed by atoms with E-state index >= 15 is 0 Å². The fourth-order valence-electron chi connectivity index (χ4n) is 5.98. The predicted octanol–water partition coefficient (Wildman–Crippen LogP) is 12.5. The number of hydrogen-bond acceptors (Lipinski definition) is 1. The van der Waals surface area contributed by atoms with Crippen molar-refractivity contribution in [1.82, 2.24) is 0 Å². The Morgan fingerprint density at radius 2 is 0.571 bits per heavy atom. The molecule has 2 atom stereocenters. The number of rotatable bonds is 28. The summed E-state index contributed by atoms with van der Waals surface area (Å²) >= 11 is 0. The van der Waals surface area contributed by atoms with Gasteiger partial charge in [0.1, 0.15) is 0 Å². The van der Waals surface area contributed by atoms with Crippen LogP contribution in [0.25, 0.3) is 0 Å². The third kappa shape index (κ3) is 22.9. The molecule has 0 amide bonds. The topological polar surface area (TPSA) is 9.23 Å². The Labute approximate surface area is 223 Å². The van der Waals surface area contributed by atoms with Gasteiger partial charge in [-0.05, 0) is 25.7 Å². The van der Waals surface area contributed by atoms with Gasteiger partial charge < -0.3 is 4.74 Å². The Morgan fingerprint density at radius 1 is 0.343 bits per heavy atom. The lowest BCUT2D eigenvalue weighted by Crippen LogP contribution is -2.10. The first-order valence-corrected chi connectivity index (χ1v) is 17.0. The summed E-state index contributed by atoms with van der Waals surface area (Å²) in [7, 11) is 0. The van der Waals surface area contributed by atoms with Crippen molar-refractivity contribution < 1.29 is 4.74 Å². The number of hydrogen-bond donors (Lipinski definition) is 0. The molecule has 35 heavy (non-hydrogen) atoms. The van der Waals surface area contributed by atoms with Crippen LogP contribution in [0.2, 0.25) is 0 Å². The summed E-state index contributed by atoms with van der Waals surface area (Å²) in [6, 6.07) is 0. The molecule has 0 N–H and O–H groups in total. The Morgan fingerprint density at radius 3 is 0.829 bits per heavy atom. The van der Waals surface area contributed by atoms with Gasteiger partial charge in [0.15, 0.2) is 0 Å². The van der Waals surface area contributed by atoms with E-state index in [0.717, 1.165) is 0 Å². The van der Waals surface area contributed by atoms with Crippen molar-refractivity contribution in [3.05, 3.63) is 0 Å². The van der Waals surface area contributed by atoms with Crippen LogP contribution in [-0.2, 0) is 4.74 Å². The summed E-state index contributed by atoms with van der Waals surface area (Å²) in [5.74, 6) is 0. The standard InChI is InChI=1S/C34H68O/c1-3-5-7-9-11-13-15-17-19-21-23-25-27-29-33-31-32-34(35-33)30-28-26-24-22-20-18-16-14-12-10-8-6-4-2/h33-34H,3-32H2,1-2H3. The van der Waals surface area contributed by atoms with Gasteiger partial charge in [-0.2, -0.15) is 0 Å². The molecule has 210 valence electrons. The van der Waals surface area contributed by atoms with Crippen molar-refractivity contribution in [2.45, 2.75) is 219 Å². The largest absolute Gasteiger partial charge is 0.375 e. The lowest BCUT2D eigenvalue weighted by atomic mass is 10.0. The van der Waals surface area contributed by atoms with Gasteiger partial charge in [0.05, 0.1) is 12.2 Å². The van der Waals surface area contributed by atoms with E-state index in [4.69, 9.17) is 4.74 Å². The van der Waals surface area contributed by atoms with E-state index in [1.54, 1.807) is 0 Å². The molecule has 0 saturated carbocycles. The molecule has 0 spiro atoms. The summed E-state index contributed by atoms with van der Waals surface area (Å²) in [5, 5.41) is 0. The third-order valence-corrected chi connectivity index (χ3v) is 8.45. The van der Waals surface area contributed by atoms with Crippen molar-refractivity contribution in [3.8, 4) is 0 Å². The lowest BCUT2D eigenvalue weighted by molar-refractivity contribution is 0.0335. The van der Waals surface area contributed by atoms with Crippen LogP contribution in [0, 0.1) is 0 Å². The molecule has 1 nitrogen and oxygen atoms in total. The summed E-state index contributed by atoms with van der Waals surface area (Å²) in [6.07, 6.45) is 44.2. The van der Waals surface area contributed by atoms with Crippen LogP contribution in [0.1, 0.15) is 206 Å². The highest BCUT2D eigenvalue weighted by Gasteiger charge is 2.24. The smallest absolute Gasteiger partial charge is 0.0579 e. The first-order valence-electron chi connectivity index (χ1n) is 17.0. The molecule has 0 radical (unpaired) electrons. The van der Waals surface area contributed by atoms with Crippen LogP contribution >= 0.6 is 0 Å². The van der Waals surface area contributed by atoms with Crippen LogP contribution in [0.4, 0.5) is 0 Å². The molecule has 1 aliphatic heterocycles. The van der Waals surface area contributed by atoms with E-state index in [9.17, 15) is 0 Å². The maximum absolute atomic E-state index is 6.38. The Hall–Kier alpha value is -0.0400. The van der Waals surface area contributed by atoms with Crippen LogP contribution in [-0.4, -0.2) is 12.2 Å². The molecule has 0 aromatic heterocycles. The summed E-state index contributed by atoms with van der Waals surface area (Å²) in [5.41, 5.74) is 0. The summed E-state index contributed by atoms with van der Waals surface area (Å²) in [4.78, 5) is 0. The second kappa shape index (κ2) is 27.0. The first kappa shape index (κ1) is 33.0. The molecule has 2 unspecified atom stereocenters. The van der Waals surface area contributed by atoms with Gasteiger partial charge in [-0.15, -0.1) is 0 Å². The van der Waals surface area contributed by atoms with E-state index in [2.05, 4.69) is 13.8 Å². The molecule has 1 fully saturated rings. The molecule has 0 aromatic rings. The zero-order valence-corrected chi connectivity index (χ0v) is 24.8. The number of ether oxygens (including phenoxy) is 1. The van der Waals surface area contributed by atoms with Gasteiger partial charge in [-0.25, -0.2) is 0 Å². The second-order valence-electron chi connectivity index (χ2n) is 12.0. The monoisotopic (exact) mass is 493 g/mol. The van der Waals surface area contributed by atoms with Gasteiger partial charge >= 0.3 is 0 Å². The average molecular weight is 493 g/mol. The quantitative estimate of drug-likeness (QED) is 0.0986. The van der Waals surface area contributed by atoms with Gasteiger partial charge in [-0.1, -0.05) is 181 Å². The average Bonchev–Trinajstić information content (AvgIpc) is 3.32. The molecule has 1 aliphatic rings. The Kier molecular flexibility index (Phi) is 25.5. The summed E-state index contributed by atoms with van der Waals surface area (Å²) in [6.45, 7) is 4.61.